The first-order chi connectivity index (χ1) is 17.9. The molecule has 0 spiro atoms. The number of benzene rings is 2. The van der Waals surface area contributed by atoms with Gasteiger partial charge >= 0.3 is 5.97 Å². The summed E-state index contributed by atoms with van der Waals surface area (Å²) >= 11 is 0. The van der Waals surface area contributed by atoms with E-state index in [2.05, 4.69) is 0 Å². The van der Waals surface area contributed by atoms with Gasteiger partial charge in [-0.15, -0.1) is 0 Å². The van der Waals surface area contributed by atoms with Crippen LogP contribution in [-0.4, -0.2) is 54.3 Å². The summed E-state index contributed by atoms with van der Waals surface area (Å²) in [5.41, 5.74) is 8.01. The normalized spacial score (nSPS) is 16.2. The zero-order valence-electron chi connectivity index (χ0n) is 21.2. The highest BCUT2D eigenvalue weighted by Gasteiger charge is 2.36. The molecule has 3 N–H and O–H groups in total. The van der Waals surface area contributed by atoms with Crippen molar-refractivity contribution < 1.29 is 23.9 Å². The second-order valence-corrected chi connectivity index (χ2v) is 9.42. The van der Waals surface area contributed by atoms with Gasteiger partial charge < -0.3 is 25.0 Å². The van der Waals surface area contributed by atoms with Crippen LogP contribution >= 0.6 is 0 Å². The summed E-state index contributed by atoms with van der Waals surface area (Å²) < 4.78 is 11.0. The molecule has 9 heteroatoms. The van der Waals surface area contributed by atoms with Crippen LogP contribution in [0.2, 0.25) is 0 Å². The lowest BCUT2D eigenvalue weighted by Crippen LogP contribution is -2.45. The second kappa shape index (κ2) is 11.9. The number of nitrogen functional groups attached to an aromatic ring is 1. The predicted octanol–water partition coefficient (Wildman–Crippen LogP) is 3.62. The van der Waals surface area contributed by atoms with Crippen molar-refractivity contribution in [3.8, 4) is 5.75 Å². The van der Waals surface area contributed by atoms with E-state index in [0.717, 1.165) is 37.7 Å². The Balaban J connectivity index is 1.61. The lowest BCUT2D eigenvalue weighted by atomic mass is 9.93. The zero-order chi connectivity index (χ0) is 26.4. The fourth-order valence-corrected chi connectivity index (χ4v) is 4.98. The molecule has 0 atom stereocenters. The Hall–Kier alpha value is -3.88. The maximum Gasteiger partial charge on any atom is 0.307 e. The van der Waals surface area contributed by atoms with Crippen LogP contribution in [0, 0.1) is 5.41 Å². The number of carbonyl (C=O) groups is 3. The summed E-state index contributed by atoms with van der Waals surface area (Å²) in [6.07, 6.45) is 5.05. The molecule has 1 aliphatic heterocycles. The van der Waals surface area contributed by atoms with E-state index in [1.807, 2.05) is 12.1 Å². The Labute approximate surface area is 217 Å². The van der Waals surface area contributed by atoms with Crippen molar-refractivity contribution in [2.24, 2.45) is 5.73 Å². The van der Waals surface area contributed by atoms with Crippen LogP contribution in [0.1, 0.15) is 66.9 Å². The van der Waals surface area contributed by atoms with Gasteiger partial charge in [-0.25, -0.2) is 0 Å². The molecule has 2 aliphatic rings. The van der Waals surface area contributed by atoms with E-state index in [9.17, 15) is 14.4 Å². The molecule has 2 aromatic rings. The molecule has 1 aliphatic carbocycles. The summed E-state index contributed by atoms with van der Waals surface area (Å²) in [5.74, 6) is -0.384. The third kappa shape index (κ3) is 6.28. The molecule has 1 heterocycles. The summed E-state index contributed by atoms with van der Waals surface area (Å²) in [5, 5.41) is 7.63. The highest BCUT2D eigenvalue weighted by atomic mass is 16.5. The Bertz CT molecular complexity index is 1170. The largest absolute Gasteiger partial charge is 0.489 e. The van der Waals surface area contributed by atoms with E-state index in [-0.39, 0.29) is 56.4 Å². The number of hydrogen-bond acceptors (Lipinski definition) is 6. The number of ether oxygens (including phenoxy) is 2. The van der Waals surface area contributed by atoms with Crippen LogP contribution in [-0.2, 0) is 20.9 Å². The molecule has 9 nitrogen and oxygen atoms in total. The minimum absolute atomic E-state index is 0.0205. The molecule has 2 amide bonds. The summed E-state index contributed by atoms with van der Waals surface area (Å²) in [4.78, 5) is 42.3. The Kier molecular flexibility index (Phi) is 8.43. The van der Waals surface area contributed by atoms with Gasteiger partial charge in [-0.1, -0.05) is 37.5 Å². The molecule has 196 valence electrons. The minimum atomic E-state index is -0.402. The van der Waals surface area contributed by atoms with Crippen molar-refractivity contribution in [2.45, 2.75) is 58.1 Å². The van der Waals surface area contributed by atoms with Gasteiger partial charge in [0.05, 0.1) is 24.3 Å². The summed E-state index contributed by atoms with van der Waals surface area (Å²) in [7, 11) is 0. The minimum Gasteiger partial charge on any atom is -0.489 e. The fourth-order valence-electron chi connectivity index (χ4n) is 4.98. The quantitative estimate of drug-likeness (QED) is 0.304. The number of nitrogens with zero attached hydrogens (tertiary/aromatic N) is 2. The molecule has 37 heavy (non-hydrogen) atoms. The first kappa shape index (κ1) is 26.2. The molecule has 0 saturated heterocycles. The Morgan fingerprint density at radius 2 is 1.89 bits per heavy atom. The lowest BCUT2D eigenvalue weighted by molar-refractivity contribution is -0.143. The van der Waals surface area contributed by atoms with Crippen molar-refractivity contribution >= 4 is 29.3 Å². The number of fused-ring (bicyclic) bond motifs is 1. The first-order valence-electron chi connectivity index (χ1n) is 12.8. The molecule has 0 bridgehead atoms. The van der Waals surface area contributed by atoms with Crippen molar-refractivity contribution in [3.05, 3.63) is 59.2 Å². The fraction of sp³-hybridized carbons (Fsp3) is 0.429. The number of carbonyl (C=O) groups excluding carboxylic acids is 3. The van der Waals surface area contributed by atoms with E-state index < -0.39 is 5.97 Å². The molecule has 0 unspecified atom stereocenters. The standard InChI is InChI=1S/C28H34N4O5/c1-2-36-26(34)13-14-31-17-25(33)32(21-9-4-3-5-10-21)24-12-11-22(16-23(24)28(31)35)37-18-19-7-6-8-20(15-19)27(29)30/h6-8,11-12,15-16,21H,2-5,9-10,13-14,17-18H2,1H3,(H3,29,30). The molecular formula is C28H34N4O5. The van der Waals surface area contributed by atoms with Crippen molar-refractivity contribution in [3.63, 3.8) is 0 Å². The average Bonchev–Trinajstić information content (AvgIpc) is 3.00. The first-order valence-corrected chi connectivity index (χ1v) is 12.8. The van der Waals surface area contributed by atoms with Gasteiger partial charge in [0.1, 0.15) is 24.7 Å². The van der Waals surface area contributed by atoms with E-state index in [1.165, 1.54) is 4.90 Å². The molecule has 1 saturated carbocycles. The lowest BCUT2D eigenvalue weighted by Gasteiger charge is -2.34. The summed E-state index contributed by atoms with van der Waals surface area (Å²) in [6.45, 7) is 2.24. The number of nitrogens with two attached hydrogens (primary N) is 1. The van der Waals surface area contributed by atoms with Gasteiger partial charge in [-0.3, -0.25) is 19.8 Å². The third-order valence-corrected chi connectivity index (χ3v) is 6.81. The molecule has 0 aromatic heterocycles. The summed E-state index contributed by atoms with van der Waals surface area (Å²) in [6, 6.07) is 12.5. The monoisotopic (exact) mass is 506 g/mol. The van der Waals surface area contributed by atoms with Gasteiger partial charge in [0.25, 0.3) is 5.91 Å². The number of hydrogen-bond donors (Lipinski definition) is 2. The number of amidine groups is 1. The van der Waals surface area contributed by atoms with Crippen LogP contribution < -0.4 is 15.4 Å². The van der Waals surface area contributed by atoms with E-state index >= 15 is 0 Å². The van der Waals surface area contributed by atoms with Gasteiger partial charge in [-0.05, 0) is 49.6 Å². The van der Waals surface area contributed by atoms with E-state index in [0.29, 0.717) is 22.6 Å². The smallest absolute Gasteiger partial charge is 0.307 e. The highest BCUT2D eigenvalue weighted by molar-refractivity contribution is 6.10. The molecule has 2 aromatic carbocycles. The van der Waals surface area contributed by atoms with Crippen LogP contribution in [0.5, 0.6) is 5.75 Å². The maximum absolute atomic E-state index is 13.6. The third-order valence-electron chi connectivity index (χ3n) is 6.81. The number of rotatable bonds is 9. The number of nitrogens with one attached hydrogen (secondary N) is 1. The molecule has 0 radical (unpaired) electrons. The van der Waals surface area contributed by atoms with Gasteiger partial charge in [0.2, 0.25) is 5.91 Å². The van der Waals surface area contributed by atoms with Crippen LogP contribution in [0.4, 0.5) is 5.69 Å². The second-order valence-electron chi connectivity index (χ2n) is 9.42. The zero-order valence-corrected chi connectivity index (χ0v) is 21.2. The highest BCUT2D eigenvalue weighted by Crippen LogP contribution is 2.35. The van der Waals surface area contributed by atoms with E-state index in [1.54, 1.807) is 42.2 Å². The van der Waals surface area contributed by atoms with Crippen molar-refractivity contribution in [1.82, 2.24) is 4.90 Å². The van der Waals surface area contributed by atoms with Crippen molar-refractivity contribution in [1.29, 1.82) is 5.41 Å². The number of amides is 2. The van der Waals surface area contributed by atoms with Crippen LogP contribution in [0.3, 0.4) is 0 Å². The van der Waals surface area contributed by atoms with Crippen LogP contribution in [0.15, 0.2) is 42.5 Å². The Morgan fingerprint density at radius 1 is 1.11 bits per heavy atom. The van der Waals surface area contributed by atoms with Gasteiger partial charge in [0.15, 0.2) is 0 Å². The van der Waals surface area contributed by atoms with Crippen molar-refractivity contribution in [2.75, 3.05) is 24.6 Å². The molecule has 4 rings (SSSR count). The Morgan fingerprint density at radius 3 is 2.62 bits per heavy atom. The van der Waals surface area contributed by atoms with Crippen LogP contribution in [0.25, 0.3) is 0 Å². The van der Waals surface area contributed by atoms with Gasteiger partial charge in [-0.2, -0.15) is 0 Å². The predicted molar refractivity (Wildman–Crippen MR) is 140 cm³/mol. The maximum atomic E-state index is 13.6. The topological polar surface area (TPSA) is 126 Å². The number of esters is 1. The molecular weight excluding hydrogens is 472 g/mol. The van der Waals surface area contributed by atoms with Gasteiger partial charge in [0, 0.05) is 18.2 Å². The molecule has 1 fully saturated rings. The average molecular weight is 507 g/mol. The van der Waals surface area contributed by atoms with E-state index in [4.69, 9.17) is 20.6 Å². The number of anilines is 1. The SMILES string of the molecule is CCOC(=O)CCN1CC(=O)N(C2CCCCC2)c2ccc(OCc3cccc(C(=N)N)c3)cc2C1=O.